The maximum Gasteiger partial charge on any atom is 0.219 e. The Kier molecular flexibility index (Phi) is 6.56. The van der Waals surface area contributed by atoms with E-state index in [9.17, 15) is 0 Å². The zero-order valence-electron chi connectivity index (χ0n) is 12.7. The van der Waals surface area contributed by atoms with Gasteiger partial charge in [0.05, 0.1) is 13.2 Å². The SMILES string of the molecule is CCc1cccc(O[SiH2]CCCOCC2CO2)c1CC. The topological polar surface area (TPSA) is 31.0 Å². The van der Waals surface area contributed by atoms with E-state index in [1.807, 2.05) is 0 Å². The predicted octanol–water partition coefficient (Wildman–Crippen LogP) is 2.50. The van der Waals surface area contributed by atoms with Gasteiger partial charge in [-0.05, 0) is 42.5 Å². The molecule has 0 radical (unpaired) electrons. The van der Waals surface area contributed by atoms with Crippen molar-refractivity contribution in [1.82, 2.24) is 0 Å². The van der Waals surface area contributed by atoms with Crippen molar-refractivity contribution in [3.8, 4) is 5.75 Å². The number of ether oxygens (including phenoxy) is 2. The lowest BCUT2D eigenvalue weighted by molar-refractivity contribution is 0.117. The molecule has 1 unspecified atom stereocenters. The van der Waals surface area contributed by atoms with Gasteiger partial charge in [-0.2, -0.15) is 0 Å². The Morgan fingerprint density at radius 2 is 2.15 bits per heavy atom. The first-order valence-electron chi connectivity index (χ1n) is 7.78. The van der Waals surface area contributed by atoms with Crippen LogP contribution in [0.15, 0.2) is 18.2 Å². The maximum atomic E-state index is 6.07. The molecule has 0 aromatic heterocycles. The van der Waals surface area contributed by atoms with Crippen molar-refractivity contribution < 1.29 is 13.9 Å². The van der Waals surface area contributed by atoms with Crippen molar-refractivity contribution in [2.75, 3.05) is 19.8 Å². The zero-order valence-corrected chi connectivity index (χ0v) is 14.1. The van der Waals surface area contributed by atoms with Crippen molar-refractivity contribution >= 4 is 9.76 Å². The van der Waals surface area contributed by atoms with Gasteiger partial charge in [-0.3, -0.25) is 0 Å². The summed E-state index contributed by atoms with van der Waals surface area (Å²) in [4.78, 5) is 0. The van der Waals surface area contributed by atoms with E-state index in [1.54, 1.807) is 0 Å². The molecule has 4 heteroatoms. The molecule has 1 fully saturated rings. The van der Waals surface area contributed by atoms with Crippen LogP contribution in [-0.4, -0.2) is 35.7 Å². The average molecular weight is 294 g/mol. The van der Waals surface area contributed by atoms with E-state index in [0.717, 1.165) is 44.8 Å². The van der Waals surface area contributed by atoms with Gasteiger partial charge in [0.25, 0.3) is 0 Å². The predicted molar refractivity (Wildman–Crippen MR) is 84.4 cm³/mol. The van der Waals surface area contributed by atoms with E-state index >= 15 is 0 Å². The highest BCUT2D eigenvalue weighted by molar-refractivity contribution is 6.28. The lowest BCUT2D eigenvalue weighted by atomic mass is 10.0. The van der Waals surface area contributed by atoms with Crippen molar-refractivity contribution in [3.63, 3.8) is 0 Å². The fourth-order valence-electron chi connectivity index (χ4n) is 2.35. The number of rotatable bonds is 10. The van der Waals surface area contributed by atoms with E-state index in [0.29, 0.717) is 6.10 Å². The van der Waals surface area contributed by atoms with Gasteiger partial charge in [0.2, 0.25) is 9.76 Å². The van der Waals surface area contributed by atoms with Crippen molar-refractivity contribution in [3.05, 3.63) is 29.3 Å². The summed E-state index contributed by atoms with van der Waals surface area (Å²) < 4.78 is 16.7. The molecule has 0 aliphatic carbocycles. The fraction of sp³-hybridized carbons (Fsp3) is 0.625. The van der Waals surface area contributed by atoms with Crippen molar-refractivity contribution in [1.29, 1.82) is 0 Å². The Balaban J connectivity index is 1.65. The smallest absolute Gasteiger partial charge is 0.219 e. The van der Waals surface area contributed by atoms with E-state index < -0.39 is 9.76 Å². The summed E-state index contributed by atoms with van der Waals surface area (Å²) in [7, 11) is -0.484. The van der Waals surface area contributed by atoms with Crippen LogP contribution in [0.5, 0.6) is 5.75 Å². The zero-order chi connectivity index (χ0) is 14.2. The molecule has 0 N–H and O–H groups in total. The van der Waals surface area contributed by atoms with Gasteiger partial charge in [0.15, 0.2) is 0 Å². The molecule has 1 aromatic rings. The number of epoxide rings is 1. The molecule has 1 saturated heterocycles. The quantitative estimate of drug-likeness (QED) is 0.377. The molecule has 1 heterocycles. The van der Waals surface area contributed by atoms with E-state index in [-0.39, 0.29) is 0 Å². The second kappa shape index (κ2) is 8.45. The molecular weight excluding hydrogens is 268 g/mol. The first-order valence-corrected chi connectivity index (χ1v) is 9.35. The summed E-state index contributed by atoms with van der Waals surface area (Å²) in [6.07, 6.45) is 3.62. The molecule has 112 valence electrons. The molecule has 0 amide bonds. The van der Waals surface area contributed by atoms with Crippen molar-refractivity contribution in [2.45, 2.75) is 45.3 Å². The van der Waals surface area contributed by atoms with Gasteiger partial charge in [0.1, 0.15) is 11.9 Å². The largest absolute Gasteiger partial charge is 0.549 e. The third-order valence-corrected chi connectivity index (χ3v) is 4.92. The van der Waals surface area contributed by atoms with Crippen LogP contribution in [0.2, 0.25) is 6.04 Å². The third kappa shape index (κ3) is 4.92. The molecule has 0 bridgehead atoms. The second-order valence-electron chi connectivity index (χ2n) is 5.19. The Hall–Kier alpha value is -0.843. The summed E-state index contributed by atoms with van der Waals surface area (Å²) in [5.74, 6) is 1.12. The van der Waals surface area contributed by atoms with Gasteiger partial charge in [-0.1, -0.05) is 26.0 Å². The van der Waals surface area contributed by atoms with Crippen LogP contribution in [-0.2, 0) is 22.3 Å². The number of hydrogen-bond donors (Lipinski definition) is 0. The van der Waals surface area contributed by atoms with Crippen LogP contribution in [0, 0.1) is 0 Å². The van der Waals surface area contributed by atoms with Gasteiger partial charge in [-0.25, -0.2) is 0 Å². The first-order chi connectivity index (χ1) is 9.85. The standard InChI is InChI=1S/C16H26O3Si/c1-3-13-7-5-8-16(15(13)4-2)19-20-10-6-9-17-11-14-12-18-14/h5,7-8,14H,3-4,6,9-12,20H2,1-2H3. The lowest BCUT2D eigenvalue weighted by Crippen LogP contribution is -2.08. The van der Waals surface area contributed by atoms with E-state index in [1.165, 1.54) is 17.2 Å². The van der Waals surface area contributed by atoms with Gasteiger partial charge in [0, 0.05) is 6.61 Å². The van der Waals surface area contributed by atoms with Crippen LogP contribution in [0.1, 0.15) is 31.4 Å². The molecule has 1 aromatic carbocycles. The molecule has 0 spiro atoms. The van der Waals surface area contributed by atoms with Crippen LogP contribution in [0.3, 0.4) is 0 Å². The minimum atomic E-state index is -0.484. The number of hydrogen-bond acceptors (Lipinski definition) is 3. The molecule has 1 aliphatic rings. The molecule has 0 saturated carbocycles. The highest BCUT2D eigenvalue weighted by Gasteiger charge is 2.21. The Labute approximate surface area is 124 Å². The van der Waals surface area contributed by atoms with Crippen LogP contribution in [0.4, 0.5) is 0 Å². The lowest BCUT2D eigenvalue weighted by Gasteiger charge is -2.14. The van der Waals surface area contributed by atoms with Crippen LogP contribution >= 0.6 is 0 Å². The fourth-order valence-corrected chi connectivity index (χ4v) is 3.39. The molecular formula is C16H26O3Si. The summed E-state index contributed by atoms with van der Waals surface area (Å²) in [6, 6.07) is 7.61. The Bertz CT molecular complexity index is 405. The van der Waals surface area contributed by atoms with Gasteiger partial charge < -0.3 is 13.9 Å². The average Bonchev–Trinajstić information content (AvgIpc) is 3.30. The number of benzene rings is 1. The monoisotopic (exact) mass is 294 g/mol. The van der Waals surface area contributed by atoms with Crippen molar-refractivity contribution in [2.24, 2.45) is 0 Å². The first kappa shape index (κ1) is 15.5. The summed E-state index contributed by atoms with van der Waals surface area (Å²) in [5.41, 5.74) is 2.82. The number of aryl methyl sites for hydroxylation is 1. The van der Waals surface area contributed by atoms with Gasteiger partial charge >= 0.3 is 0 Å². The normalized spacial score (nSPS) is 17.8. The summed E-state index contributed by atoms with van der Waals surface area (Å²) in [5, 5.41) is 0. The highest BCUT2D eigenvalue weighted by atomic mass is 28.2. The van der Waals surface area contributed by atoms with E-state index in [2.05, 4.69) is 32.0 Å². The minimum Gasteiger partial charge on any atom is -0.549 e. The second-order valence-corrected chi connectivity index (χ2v) is 6.59. The Morgan fingerprint density at radius 1 is 1.30 bits per heavy atom. The summed E-state index contributed by atoms with van der Waals surface area (Å²) in [6.45, 7) is 6.89. The van der Waals surface area contributed by atoms with Crippen LogP contribution < -0.4 is 4.43 Å². The molecule has 20 heavy (non-hydrogen) atoms. The highest BCUT2D eigenvalue weighted by Crippen LogP contribution is 2.23. The minimum absolute atomic E-state index is 0.382. The van der Waals surface area contributed by atoms with Crippen LogP contribution in [0.25, 0.3) is 0 Å². The maximum absolute atomic E-state index is 6.07. The molecule has 3 nitrogen and oxygen atoms in total. The molecule has 1 atom stereocenters. The Morgan fingerprint density at radius 3 is 2.85 bits per heavy atom. The molecule has 1 aliphatic heterocycles. The third-order valence-electron chi connectivity index (χ3n) is 3.61. The summed E-state index contributed by atoms with van der Waals surface area (Å²) >= 11 is 0. The van der Waals surface area contributed by atoms with Gasteiger partial charge in [-0.15, -0.1) is 0 Å². The molecule has 2 rings (SSSR count). The van der Waals surface area contributed by atoms with E-state index in [4.69, 9.17) is 13.9 Å².